The summed E-state index contributed by atoms with van der Waals surface area (Å²) in [6.07, 6.45) is 2.10. The van der Waals surface area contributed by atoms with Crippen LogP contribution in [-0.4, -0.2) is 126 Å². The highest BCUT2D eigenvalue weighted by molar-refractivity contribution is 6.30. The Morgan fingerprint density at radius 1 is 0.581 bits per heavy atom. The molecule has 3 rings (SSSR count). The second-order valence-corrected chi connectivity index (χ2v) is 24.2. The number of azide groups is 1. The molecule has 0 aromatic heterocycles. The highest BCUT2D eigenvalue weighted by Gasteiger charge is 2.32. The van der Waals surface area contributed by atoms with Gasteiger partial charge in [-0.3, -0.25) is 28.8 Å². The van der Waals surface area contributed by atoms with Crippen LogP contribution in [-0.2, 0) is 72.0 Å². The Balaban J connectivity index is 1.59. The second-order valence-electron chi connectivity index (χ2n) is 23.8. The Kier molecular flexibility index (Phi) is 31.1. The fourth-order valence-corrected chi connectivity index (χ4v) is 8.68. The van der Waals surface area contributed by atoms with Crippen molar-refractivity contribution in [1.29, 1.82) is 0 Å². The van der Waals surface area contributed by atoms with Crippen LogP contribution in [0.2, 0.25) is 5.02 Å². The van der Waals surface area contributed by atoms with Gasteiger partial charge < -0.3 is 51.0 Å². The van der Waals surface area contributed by atoms with Crippen molar-refractivity contribution < 1.29 is 61.8 Å². The molecule has 6 N–H and O–H groups in total. The van der Waals surface area contributed by atoms with Crippen LogP contribution >= 0.6 is 11.6 Å². The zero-order valence-electron chi connectivity index (χ0n) is 51.2. The van der Waals surface area contributed by atoms with Crippen LogP contribution in [0, 0.1) is 5.82 Å². The lowest BCUT2D eigenvalue weighted by Gasteiger charge is -2.27. The number of halogens is 2. The number of carbonyl (C=O) groups excluding carboxylic acids is 9. The molecule has 0 saturated carbocycles. The Morgan fingerprint density at radius 2 is 1.13 bits per heavy atom. The normalized spacial score (nSPS) is 12.8. The van der Waals surface area contributed by atoms with Gasteiger partial charge in [-0.25, -0.2) is 18.8 Å². The molecule has 0 fully saturated rings. The van der Waals surface area contributed by atoms with Crippen molar-refractivity contribution in [2.24, 2.45) is 5.11 Å². The molecule has 0 spiro atoms. The predicted octanol–water partition coefficient (Wildman–Crippen LogP) is 8.55. The van der Waals surface area contributed by atoms with E-state index in [1.165, 1.54) is 17.0 Å². The van der Waals surface area contributed by atoms with Gasteiger partial charge in [-0.1, -0.05) is 89.9 Å². The van der Waals surface area contributed by atoms with Crippen molar-refractivity contribution in [3.8, 4) is 0 Å². The molecule has 0 heterocycles. The Labute approximate surface area is 509 Å². The molecule has 86 heavy (non-hydrogen) atoms. The van der Waals surface area contributed by atoms with Crippen molar-refractivity contribution in [2.75, 3.05) is 26.2 Å². The van der Waals surface area contributed by atoms with Crippen molar-refractivity contribution in [3.63, 3.8) is 0 Å². The topological polar surface area (TPSA) is 306 Å². The highest BCUT2D eigenvalue weighted by Crippen LogP contribution is 2.20. The third kappa shape index (κ3) is 31.4. The summed E-state index contributed by atoms with van der Waals surface area (Å²) in [5.41, 5.74) is 7.73. The Bertz CT molecular complexity index is 2750. The van der Waals surface area contributed by atoms with Gasteiger partial charge in [-0.05, 0) is 136 Å². The van der Waals surface area contributed by atoms with Crippen molar-refractivity contribution in [2.45, 2.75) is 200 Å². The lowest BCUT2D eigenvalue weighted by Crippen LogP contribution is -2.55. The number of urea groups is 1. The van der Waals surface area contributed by atoms with Crippen LogP contribution in [0.25, 0.3) is 10.4 Å². The van der Waals surface area contributed by atoms with Crippen molar-refractivity contribution in [3.05, 3.63) is 117 Å². The standard InChI is InChI=1S/C62H88ClFN10O12/c1-60(2,3)84-54(78)33-30-48(58(82)86-62(7,8)9)72-59(83)71-47(57(81)85-61(4,5)6)26-18-20-37-74(41-44-28-29-45(63)40-46(44)64)53(77)27-17-12-19-34-66-51(75)31-32-52(76)69-50(39-43-24-15-11-16-25-43)56(80)70-49(38-42-22-13-10-14-23-42)55(79)67-35-21-36-68-73-65/h10-11,13-16,22-25,28-29,40,47-50H,12,17-21,26-27,30-39,41H2,1-9H3,(H,66,75)(H,67,79)(H,69,76)(H,70,80)(H2,71,72,83)/t47-,48-,49-,50-/m0/s1. The molecule has 472 valence electrons. The number of amides is 7. The number of benzene rings is 3. The van der Waals surface area contributed by atoms with Gasteiger partial charge in [-0.15, -0.1) is 0 Å². The molecule has 0 aliphatic heterocycles. The quantitative estimate of drug-likeness (QED) is 0.00806. The van der Waals surface area contributed by atoms with Gasteiger partial charge in [0.2, 0.25) is 29.5 Å². The summed E-state index contributed by atoms with van der Waals surface area (Å²) in [5.74, 6) is -5.00. The molecule has 0 saturated heterocycles. The molecular formula is C62H88ClFN10O12. The first-order valence-corrected chi connectivity index (χ1v) is 29.6. The van der Waals surface area contributed by atoms with Crippen LogP contribution in [0.1, 0.15) is 156 Å². The van der Waals surface area contributed by atoms with Gasteiger partial charge in [0, 0.05) is 86.7 Å². The largest absolute Gasteiger partial charge is 0.460 e. The SMILES string of the molecule is CC(C)(C)OC(=O)CC[C@H](NC(=O)N[C@@H](CCCCN(Cc1ccc(Cl)cc1F)C(=O)CCCCCNC(=O)CCC(=O)N[C@@H](Cc1ccccc1)C(=O)N[C@@H](Cc1ccccc1)C(=O)NCCCN=[N+]=[N-])C(=O)OC(C)(C)C)C(=O)OC(C)(C)C. The van der Waals surface area contributed by atoms with E-state index in [4.69, 9.17) is 31.3 Å². The number of ether oxygens (including phenoxy) is 3. The predicted molar refractivity (Wildman–Crippen MR) is 323 cm³/mol. The minimum absolute atomic E-state index is 0.0544. The lowest BCUT2D eigenvalue weighted by molar-refractivity contribution is -0.159. The number of esters is 3. The summed E-state index contributed by atoms with van der Waals surface area (Å²) < 4.78 is 31.7. The molecule has 0 aliphatic carbocycles. The van der Waals surface area contributed by atoms with Crippen LogP contribution in [0.15, 0.2) is 84.0 Å². The van der Waals surface area contributed by atoms with E-state index >= 15 is 4.39 Å². The van der Waals surface area contributed by atoms with Crippen LogP contribution in [0.5, 0.6) is 0 Å². The van der Waals surface area contributed by atoms with Gasteiger partial charge in [0.1, 0.15) is 46.8 Å². The third-order valence-electron chi connectivity index (χ3n) is 12.6. The van der Waals surface area contributed by atoms with Gasteiger partial charge in [0.05, 0.1) is 0 Å². The van der Waals surface area contributed by atoms with E-state index in [9.17, 15) is 43.2 Å². The van der Waals surface area contributed by atoms with E-state index < -0.39 is 94.4 Å². The average molecular weight is 1220 g/mol. The number of carbonyl (C=O) groups is 9. The summed E-state index contributed by atoms with van der Waals surface area (Å²) in [6.45, 7) is 15.8. The van der Waals surface area contributed by atoms with Gasteiger partial charge in [0.25, 0.3) is 0 Å². The van der Waals surface area contributed by atoms with Crippen LogP contribution < -0.4 is 31.9 Å². The Hall–Kier alpha value is -7.78. The summed E-state index contributed by atoms with van der Waals surface area (Å²) in [6, 6.07) is 16.8. The van der Waals surface area contributed by atoms with Crippen LogP contribution in [0.4, 0.5) is 9.18 Å². The number of nitrogens with zero attached hydrogens (tertiary/aromatic N) is 4. The summed E-state index contributed by atoms with van der Waals surface area (Å²) in [5, 5.41) is 20.0. The van der Waals surface area contributed by atoms with Crippen molar-refractivity contribution >= 4 is 65.1 Å². The van der Waals surface area contributed by atoms with Crippen LogP contribution in [0.3, 0.4) is 0 Å². The van der Waals surface area contributed by atoms with E-state index in [1.807, 2.05) is 36.4 Å². The molecule has 22 nitrogen and oxygen atoms in total. The zero-order valence-corrected chi connectivity index (χ0v) is 51.9. The maximum absolute atomic E-state index is 15.1. The first-order valence-electron chi connectivity index (χ1n) is 29.2. The molecule has 24 heteroatoms. The number of hydrogen-bond acceptors (Lipinski definition) is 13. The summed E-state index contributed by atoms with van der Waals surface area (Å²) in [7, 11) is 0. The molecule has 3 aromatic rings. The second kappa shape index (κ2) is 36.9. The molecule has 0 bridgehead atoms. The lowest BCUT2D eigenvalue weighted by atomic mass is 10.0. The van der Waals surface area contributed by atoms with E-state index in [0.717, 1.165) is 17.2 Å². The maximum Gasteiger partial charge on any atom is 0.329 e. The monoisotopic (exact) mass is 1220 g/mol. The summed E-state index contributed by atoms with van der Waals surface area (Å²) >= 11 is 6.03. The van der Waals surface area contributed by atoms with E-state index in [-0.39, 0.29) is 107 Å². The fraction of sp³-hybridized carbons (Fsp3) is 0.565. The van der Waals surface area contributed by atoms with E-state index in [1.54, 1.807) is 86.6 Å². The van der Waals surface area contributed by atoms with Gasteiger partial charge in [0.15, 0.2) is 0 Å². The average Bonchev–Trinajstić information content (AvgIpc) is 3.64. The van der Waals surface area contributed by atoms with Crippen molar-refractivity contribution in [1.82, 2.24) is 36.8 Å². The smallest absolute Gasteiger partial charge is 0.329 e. The molecule has 0 unspecified atom stereocenters. The number of rotatable bonds is 35. The number of hydrogen-bond donors (Lipinski definition) is 6. The maximum atomic E-state index is 15.1. The highest BCUT2D eigenvalue weighted by atomic mass is 35.5. The summed E-state index contributed by atoms with van der Waals surface area (Å²) in [4.78, 5) is 124. The first-order chi connectivity index (χ1) is 40.5. The number of unbranched alkanes of at least 4 members (excludes halogenated alkanes) is 3. The molecule has 0 radical (unpaired) electrons. The minimum Gasteiger partial charge on any atom is -0.460 e. The molecule has 4 atom stereocenters. The Morgan fingerprint density at radius 3 is 1.69 bits per heavy atom. The zero-order chi connectivity index (χ0) is 63.9. The molecular weight excluding hydrogens is 1130 g/mol. The van der Waals surface area contributed by atoms with E-state index in [2.05, 4.69) is 41.9 Å². The van der Waals surface area contributed by atoms with Gasteiger partial charge in [-0.2, -0.15) is 0 Å². The first kappa shape index (κ1) is 72.5. The molecule has 0 aliphatic rings. The fourth-order valence-electron chi connectivity index (χ4n) is 8.52. The number of nitrogens with one attached hydrogen (secondary N) is 6. The molecule has 3 aromatic carbocycles. The van der Waals surface area contributed by atoms with E-state index in [0.29, 0.717) is 32.1 Å². The van der Waals surface area contributed by atoms with Gasteiger partial charge >= 0.3 is 23.9 Å². The molecule has 7 amide bonds. The minimum atomic E-state index is -1.28. The third-order valence-corrected chi connectivity index (χ3v) is 12.8.